The average molecular weight is 440 g/mol. The van der Waals surface area contributed by atoms with Crippen molar-refractivity contribution in [2.24, 2.45) is 5.92 Å². The molecule has 0 aromatic heterocycles. The Balaban J connectivity index is 2.23. The Kier molecular flexibility index (Phi) is 5.90. The van der Waals surface area contributed by atoms with Gasteiger partial charge in [0.25, 0.3) is 5.91 Å². The molecular weight excluding hydrogens is 417 g/mol. The van der Waals surface area contributed by atoms with E-state index in [4.69, 9.17) is 27.9 Å². The maximum Gasteiger partial charge on any atom is 0.255 e. The van der Waals surface area contributed by atoms with Crippen molar-refractivity contribution in [3.63, 3.8) is 0 Å². The summed E-state index contributed by atoms with van der Waals surface area (Å²) in [4.78, 5) is 12.7. The van der Waals surface area contributed by atoms with Gasteiger partial charge in [-0.15, -0.1) is 0 Å². The van der Waals surface area contributed by atoms with E-state index in [2.05, 4.69) is 5.32 Å². The molecule has 1 aromatic carbocycles. The van der Waals surface area contributed by atoms with Crippen LogP contribution in [0.5, 0.6) is 11.5 Å². The van der Waals surface area contributed by atoms with Gasteiger partial charge in [0.2, 0.25) is 0 Å². The molecule has 3 atom stereocenters. The molecule has 2 aliphatic rings. The van der Waals surface area contributed by atoms with Gasteiger partial charge in [0.15, 0.2) is 0 Å². The summed E-state index contributed by atoms with van der Waals surface area (Å²) in [7, 11) is 1.45. The Morgan fingerprint density at radius 2 is 1.90 bits per heavy atom. The zero-order valence-electron chi connectivity index (χ0n) is 16.5. The van der Waals surface area contributed by atoms with Crippen LogP contribution in [0.4, 0.5) is 0 Å². The summed E-state index contributed by atoms with van der Waals surface area (Å²) >= 11 is 12.7. The number of hydrogen-bond donors (Lipinski definition) is 4. The molecule has 1 aromatic rings. The van der Waals surface area contributed by atoms with E-state index in [-0.39, 0.29) is 27.9 Å². The van der Waals surface area contributed by atoms with E-state index < -0.39 is 24.0 Å². The minimum atomic E-state index is -0.833. The molecule has 29 heavy (non-hydrogen) atoms. The standard InChI is InChI=1S/C21H23Cl2NO5/c1-8(2)5-6-10-11(25)7-12(26)14-13(10)18(24-21(14)28)15-19(27)16(22)9(3)17(23)20(15)29-4/h5,7,15,18,20,25-27H,6H2,1-4H3,(H,24,28). The molecule has 0 spiro atoms. The molecule has 0 fully saturated rings. The normalized spacial score (nSPS) is 23.9. The lowest BCUT2D eigenvalue weighted by molar-refractivity contribution is 0.0596. The summed E-state index contributed by atoms with van der Waals surface area (Å²) in [5, 5.41) is 34.9. The number of amides is 1. The van der Waals surface area contributed by atoms with Gasteiger partial charge < -0.3 is 25.4 Å². The van der Waals surface area contributed by atoms with Crippen molar-refractivity contribution in [2.75, 3.05) is 7.11 Å². The fourth-order valence-corrected chi connectivity index (χ4v) is 4.51. The third-order valence-electron chi connectivity index (χ3n) is 5.39. The van der Waals surface area contributed by atoms with E-state index in [0.29, 0.717) is 28.2 Å². The van der Waals surface area contributed by atoms with E-state index in [1.165, 1.54) is 7.11 Å². The Hall–Kier alpha value is -2.15. The van der Waals surface area contributed by atoms with E-state index >= 15 is 0 Å². The number of aromatic hydroxyl groups is 2. The molecule has 0 bridgehead atoms. The number of phenols is 2. The molecule has 1 heterocycles. The van der Waals surface area contributed by atoms with Gasteiger partial charge in [0.05, 0.1) is 27.6 Å². The molecule has 0 radical (unpaired) electrons. The highest BCUT2D eigenvalue weighted by atomic mass is 35.5. The fraction of sp³-hybridized carbons (Fsp3) is 0.381. The van der Waals surface area contributed by atoms with Gasteiger partial charge in [-0.2, -0.15) is 0 Å². The van der Waals surface area contributed by atoms with Crippen molar-refractivity contribution in [1.82, 2.24) is 5.32 Å². The van der Waals surface area contributed by atoms with Crippen molar-refractivity contribution in [1.29, 1.82) is 0 Å². The Bertz CT molecular complexity index is 976. The van der Waals surface area contributed by atoms with Crippen molar-refractivity contribution < 1.29 is 24.9 Å². The van der Waals surface area contributed by atoms with Crippen LogP contribution in [0.15, 0.2) is 39.1 Å². The molecule has 8 heteroatoms. The van der Waals surface area contributed by atoms with Crippen LogP contribution in [0.25, 0.3) is 0 Å². The number of rotatable bonds is 4. The van der Waals surface area contributed by atoms with Gasteiger partial charge in [-0.3, -0.25) is 4.79 Å². The lowest BCUT2D eigenvalue weighted by Crippen LogP contribution is -2.39. The topological polar surface area (TPSA) is 99.0 Å². The van der Waals surface area contributed by atoms with Gasteiger partial charge in [-0.25, -0.2) is 0 Å². The van der Waals surface area contributed by atoms with E-state index in [1.54, 1.807) is 6.92 Å². The minimum Gasteiger partial charge on any atom is -0.510 e. The van der Waals surface area contributed by atoms with Crippen LogP contribution in [-0.2, 0) is 11.2 Å². The molecular formula is C21H23Cl2NO5. The molecule has 1 aliphatic carbocycles. The second-order valence-corrected chi connectivity index (χ2v) is 8.26. The third kappa shape index (κ3) is 3.50. The molecule has 1 amide bonds. The summed E-state index contributed by atoms with van der Waals surface area (Å²) in [5.74, 6) is -2.00. The number of aliphatic hydroxyl groups is 1. The lowest BCUT2D eigenvalue weighted by Gasteiger charge is -2.35. The van der Waals surface area contributed by atoms with Crippen LogP contribution in [-0.4, -0.2) is 34.4 Å². The zero-order chi connectivity index (χ0) is 21.6. The molecule has 3 unspecified atom stereocenters. The average Bonchev–Trinajstić information content (AvgIpc) is 2.99. The Morgan fingerprint density at radius 1 is 1.24 bits per heavy atom. The van der Waals surface area contributed by atoms with Crippen molar-refractivity contribution >= 4 is 29.1 Å². The summed E-state index contributed by atoms with van der Waals surface area (Å²) in [6.45, 7) is 5.51. The fourth-order valence-electron chi connectivity index (χ4n) is 3.91. The summed E-state index contributed by atoms with van der Waals surface area (Å²) in [6.07, 6.45) is 1.48. The number of benzene rings is 1. The Labute approximate surface area is 179 Å². The predicted molar refractivity (Wildman–Crippen MR) is 111 cm³/mol. The number of aliphatic hydroxyl groups excluding tert-OH is 1. The zero-order valence-corrected chi connectivity index (χ0v) is 18.0. The molecule has 156 valence electrons. The molecule has 1 aliphatic heterocycles. The second kappa shape index (κ2) is 7.94. The maximum atomic E-state index is 12.7. The van der Waals surface area contributed by atoms with Crippen molar-refractivity contribution in [2.45, 2.75) is 39.3 Å². The number of nitrogens with one attached hydrogen (secondary N) is 1. The number of ether oxygens (including phenoxy) is 1. The Morgan fingerprint density at radius 3 is 2.48 bits per heavy atom. The number of carbonyl (C=O) groups excluding carboxylic acids is 1. The van der Waals surface area contributed by atoms with Gasteiger partial charge in [-0.05, 0) is 38.3 Å². The number of carbonyl (C=O) groups is 1. The molecule has 0 saturated heterocycles. The van der Waals surface area contributed by atoms with Gasteiger partial charge in [0.1, 0.15) is 23.4 Å². The largest absolute Gasteiger partial charge is 0.510 e. The smallest absolute Gasteiger partial charge is 0.255 e. The van der Waals surface area contributed by atoms with Gasteiger partial charge in [-0.1, -0.05) is 34.9 Å². The summed E-state index contributed by atoms with van der Waals surface area (Å²) < 4.78 is 5.54. The number of phenolic OH excluding ortho intramolecular Hbond substituents is 2. The molecule has 4 N–H and O–H groups in total. The third-order valence-corrected chi connectivity index (χ3v) is 6.37. The monoisotopic (exact) mass is 439 g/mol. The molecule has 6 nitrogen and oxygen atoms in total. The highest BCUT2D eigenvalue weighted by molar-refractivity contribution is 6.36. The first-order valence-corrected chi connectivity index (χ1v) is 9.85. The van der Waals surface area contributed by atoms with Crippen LogP contribution in [0, 0.1) is 5.92 Å². The number of allylic oxidation sites excluding steroid dienone is 4. The van der Waals surface area contributed by atoms with Crippen LogP contribution in [0.3, 0.4) is 0 Å². The molecule has 3 rings (SSSR count). The van der Waals surface area contributed by atoms with Crippen molar-refractivity contribution in [3.05, 3.63) is 55.8 Å². The second-order valence-electron chi connectivity index (χ2n) is 7.47. The van der Waals surface area contributed by atoms with Gasteiger partial charge >= 0.3 is 0 Å². The van der Waals surface area contributed by atoms with Gasteiger partial charge in [0, 0.05) is 18.7 Å². The first-order chi connectivity index (χ1) is 13.6. The van der Waals surface area contributed by atoms with Crippen LogP contribution in [0.2, 0.25) is 0 Å². The SMILES string of the molecule is COC1C(Cl)=C(C)C(Cl)=C(O)C1C1NC(=O)c2c(O)cc(O)c(CC=C(C)C)c21. The number of methoxy groups -OCH3 is 1. The number of halogens is 2. The highest BCUT2D eigenvalue weighted by Gasteiger charge is 2.47. The van der Waals surface area contributed by atoms with E-state index in [9.17, 15) is 20.1 Å². The van der Waals surface area contributed by atoms with Crippen LogP contribution in [0.1, 0.15) is 48.3 Å². The predicted octanol–water partition coefficient (Wildman–Crippen LogP) is 4.56. The molecule has 0 saturated carbocycles. The first kappa shape index (κ1) is 21.6. The van der Waals surface area contributed by atoms with E-state index in [0.717, 1.165) is 11.6 Å². The maximum absolute atomic E-state index is 12.7. The highest BCUT2D eigenvalue weighted by Crippen LogP contribution is 2.49. The summed E-state index contributed by atoms with van der Waals surface area (Å²) in [5.41, 5.74) is 2.45. The quantitative estimate of drug-likeness (QED) is 0.515. The minimum absolute atomic E-state index is 0.0612. The van der Waals surface area contributed by atoms with Crippen LogP contribution < -0.4 is 5.32 Å². The number of fused-ring (bicyclic) bond motifs is 1. The number of hydrogen-bond acceptors (Lipinski definition) is 5. The van der Waals surface area contributed by atoms with E-state index in [1.807, 2.05) is 19.9 Å². The van der Waals surface area contributed by atoms with Crippen molar-refractivity contribution in [3.8, 4) is 11.5 Å². The first-order valence-electron chi connectivity index (χ1n) is 9.10. The lowest BCUT2D eigenvalue weighted by atomic mass is 9.80. The van der Waals surface area contributed by atoms with Crippen LogP contribution >= 0.6 is 23.2 Å². The summed E-state index contributed by atoms with van der Waals surface area (Å²) in [6, 6.07) is 0.347.